The highest BCUT2D eigenvalue weighted by molar-refractivity contribution is 5.67. The Morgan fingerprint density at radius 3 is 2.86 bits per heavy atom. The van der Waals surface area contributed by atoms with Gasteiger partial charge in [0, 0.05) is 19.0 Å². The predicted octanol–water partition coefficient (Wildman–Crippen LogP) is 1.24. The van der Waals surface area contributed by atoms with Crippen molar-refractivity contribution in [2.45, 2.75) is 32.8 Å². The number of hydrogen-bond donors (Lipinski definition) is 1. The number of aliphatic hydroxyl groups excluding tert-OH is 1. The monoisotopic (exact) mass is 201 g/mol. The van der Waals surface area contributed by atoms with Crippen molar-refractivity contribution in [3.63, 3.8) is 0 Å². The summed E-state index contributed by atoms with van der Waals surface area (Å²) in [5.41, 5.74) is 0. The average molecular weight is 201 g/mol. The molecule has 0 aromatic heterocycles. The van der Waals surface area contributed by atoms with Gasteiger partial charge < -0.3 is 14.7 Å². The Morgan fingerprint density at radius 2 is 2.29 bits per heavy atom. The second-order valence-electron chi connectivity index (χ2n) is 3.67. The van der Waals surface area contributed by atoms with E-state index in [4.69, 9.17) is 4.74 Å². The summed E-state index contributed by atoms with van der Waals surface area (Å²) >= 11 is 0. The Hall–Kier alpha value is -0.770. The van der Waals surface area contributed by atoms with Gasteiger partial charge in [0.1, 0.15) is 0 Å². The molecule has 1 aliphatic heterocycles. The summed E-state index contributed by atoms with van der Waals surface area (Å²) in [6.45, 7) is 5.47. The van der Waals surface area contributed by atoms with Crippen molar-refractivity contribution in [2.75, 3.05) is 19.7 Å². The number of carbonyl (C=O) groups excluding carboxylic acids is 1. The molecule has 0 aliphatic carbocycles. The minimum absolute atomic E-state index is 0.202. The highest BCUT2D eigenvalue weighted by Gasteiger charge is 2.29. The lowest BCUT2D eigenvalue weighted by Gasteiger charge is -2.34. The van der Waals surface area contributed by atoms with Crippen LogP contribution in [-0.2, 0) is 4.74 Å². The average Bonchev–Trinajstić information content (AvgIpc) is 2.19. The lowest BCUT2D eigenvalue weighted by atomic mass is 9.93. The number of nitrogens with zero attached hydrogens (tertiary/aromatic N) is 1. The van der Waals surface area contributed by atoms with E-state index in [1.807, 2.05) is 6.92 Å². The quantitative estimate of drug-likeness (QED) is 0.731. The second-order valence-corrected chi connectivity index (χ2v) is 3.67. The van der Waals surface area contributed by atoms with Crippen LogP contribution in [0.25, 0.3) is 0 Å². The molecule has 1 amide bonds. The summed E-state index contributed by atoms with van der Waals surface area (Å²) in [7, 11) is 0. The van der Waals surface area contributed by atoms with Crippen LogP contribution in [0.2, 0.25) is 0 Å². The molecule has 1 N–H and O–H groups in total. The zero-order chi connectivity index (χ0) is 10.6. The molecule has 0 aromatic rings. The topological polar surface area (TPSA) is 49.8 Å². The van der Waals surface area contributed by atoms with Crippen molar-refractivity contribution in [2.24, 2.45) is 5.92 Å². The molecule has 4 heteroatoms. The lowest BCUT2D eigenvalue weighted by Crippen LogP contribution is -2.45. The van der Waals surface area contributed by atoms with Crippen molar-refractivity contribution in [1.82, 2.24) is 4.90 Å². The van der Waals surface area contributed by atoms with E-state index >= 15 is 0 Å². The molecular formula is C10H19NO3. The van der Waals surface area contributed by atoms with Crippen LogP contribution in [-0.4, -0.2) is 41.9 Å². The summed E-state index contributed by atoms with van der Waals surface area (Å²) in [4.78, 5) is 13.1. The van der Waals surface area contributed by atoms with Gasteiger partial charge in [-0.05, 0) is 19.8 Å². The van der Waals surface area contributed by atoms with Crippen molar-refractivity contribution < 1.29 is 14.6 Å². The summed E-state index contributed by atoms with van der Waals surface area (Å²) < 4.78 is 4.91. The number of hydrogen-bond acceptors (Lipinski definition) is 3. The van der Waals surface area contributed by atoms with Crippen LogP contribution in [0, 0.1) is 5.92 Å². The van der Waals surface area contributed by atoms with Crippen molar-refractivity contribution in [3.8, 4) is 0 Å². The number of ether oxygens (including phenoxy) is 1. The maximum Gasteiger partial charge on any atom is 0.409 e. The number of aliphatic hydroxyl groups is 1. The van der Waals surface area contributed by atoms with Gasteiger partial charge in [0.05, 0.1) is 12.7 Å². The van der Waals surface area contributed by atoms with E-state index < -0.39 is 0 Å². The van der Waals surface area contributed by atoms with Gasteiger partial charge >= 0.3 is 6.09 Å². The molecule has 14 heavy (non-hydrogen) atoms. The second kappa shape index (κ2) is 5.20. The number of rotatable bonds is 2. The summed E-state index contributed by atoms with van der Waals surface area (Å²) in [6, 6.07) is 0. The molecule has 1 fully saturated rings. The van der Waals surface area contributed by atoms with E-state index in [0.717, 1.165) is 6.42 Å². The molecule has 2 unspecified atom stereocenters. The van der Waals surface area contributed by atoms with Crippen molar-refractivity contribution in [1.29, 1.82) is 0 Å². The normalized spacial score (nSPS) is 27.5. The highest BCUT2D eigenvalue weighted by atomic mass is 16.6. The maximum atomic E-state index is 11.4. The third-order valence-corrected chi connectivity index (χ3v) is 2.74. The Labute approximate surface area is 84.8 Å². The van der Waals surface area contributed by atoms with Gasteiger partial charge in [-0.3, -0.25) is 0 Å². The third-order valence-electron chi connectivity index (χ3n) is 2.74. The molecule has 0 radical (unpaired) electrons. The molecule has 1 heterocycles. The van der Waals surface area contributed by atoms with Gasteiger partial charge in [0.2, 0.25) is 0 Å². The van der Waals surface area contributed by atoms with E-state index in [1.54, 1.807) is 11.8 Å². The Kier molecular flexibility index (Phi) is 4.20. The van der Waals surface area contributed by atoms with Crippen molar-refractivity contribution >= 4 is 6.09 Å². The fourth-order valence-electron chi connectivity index (χ4n) is 1.80. The van der Waals surface area contributed by atoms with E-state index in [-0.39, 0.29) is 18.1 Å². The minimum atomic E-state index is -0.259. The summed E-state index contributed by atoms with van der Waals surface area (Å²) in [5, 5.41) is 9.62. The maximum absolute atomic E-state index is 11.4. The molecular weight excluding hydrogens is 182 g/mol. The fraction of sp³-hybridized carbons (Fsp3) is 0.900. The number of carbonyl (C=O) groups is 1. The van der Waals surface area contributed by atoms with Crippen LogP contribution in [0.15, 0.2) is 0 Å². The van der Waals surface area contributed by atoms with E-state index in [1.165, 1.54) is 0 Å². The van der Waals surface area contributed by atoms with Gasteiger partial charge in [-0.25, -0.2) is 4.79 Å². The van der Waals surface area contributed by atoms with Crippen LogP contribution in [0.1, 0.15) is 26.7 Å². The number of amides is 1. The molecule has 0 bridgehead atoms. The van der Waals surface area contributed by atoms with Crippen molar-refractivity contribution in [3.05, 3.63) is 0 Å². The summed E-state index contributed by atoms with van der Waals surface area (Å²) in [5.74, 6) is 0.202. The van der Waals surface area contributed by atoms with Crippen LogP contribution < -0.4 is 0 Å². The van der Waals surface area contributed by atoms with Gasteiger partial charge in [0.25, 0.3) is 0 Å². The largest absolute Gasteiger partial charge is 0.450 e. The molecule has 1 rings (SSSR count). The molecule has 4 nitrogen and oxygen atoms in total. The minimum Gasteiger partial charge on any atom is -0.450 e. The zero-order valence-corrected chi connectivity index (χ0v) is 8.90. The number of piperidine rings is 1. The zero-order valence-electron chi connectivity index (χ0n) is 8.90. The smallest absolute Gasteiger partial charge is 0.409 e. The lowest BCUT2D eigenvalue weighted by molar-refractivity contribution is 0.0202. The molecule has 2 atom stereocenters. The van der Waals surface area contributed by atoms with Gasteiger partial charge in [-0.2, -0.15) is 0 Å². The molecule has 0 aromatic carbocycles. The SMILES string of the molecule is CCOC(=O)N1CCC(O)C(CC)C1. The number of likely N-dealkylation sites (tertiary alicyclic amines) is 1. The first kappa shape index (κ1) is 11.3. The van der Waals surface area contributed by atoms with Gasteiger partial charge in [-0.1, -0.05) is 6.92 Å². The molecule has 1 aliphatic rings. The molecule has 0 spiro atoms. The van der Waals surface area contributed by atoms with Crippen LogP contribution in [0.3, 0.4) is 0 Å². The van der Waals surface area contributed by atoms with Crippen LogP contribution in [0.5, 0.6) is 0 Å². The molecule has 1 saturated heterocycles. The Balaban J connectivity index is 2.45. The highest BCUT2D eigenvalue weighted by Crippen LogP contribution is 2.20. The van der Waals surface area contributed by atoms with Gasteiger partial charge in [-0.15, -0.1) is 0 Å². The van der Waals surface area contributed by atoms with E-state index in [0.29, 0.717) is 26.1 Å². The predicted molar refractivity (Wildman–Crippen MR) is 53.0 cm³/mol. The standard InChI is InChI=1S/C10H19NO3/c1-3-8-7-11(6-5-9(8)12)10(13)14-4-2/h8-9,12H,3-7H2,1-2H3. The van der Waals surface area contributed by atoms with E-state index in [2.05, 4.69) is 0 Å². The van der Waals surface area contributed by atoms with Crippen LogP contribution in [0.4, 0.5) is 4.79 Å². The first-order valence-corrected chi connectivity index (χ1v) is 5.28. The summed E-state index contributed by atoms with van der Waals surface area (Å²) in [6.07, 6.45) is 1.05. The van der Waals surface area contributed by atoms with E-state index in [9.17, 15) is 9.90 Å². The third kappa shape index (κ3) is 2.61. The van der Waals surface area contributed by atoms with Gasteiger partial charge in [0.15, 0.2) is 0 Å². The molecule has 0 saturated carbocycles. The fourth-order valence-corrected chi connectivity index (χ4v) is 1.80. The Bertz CT molecular complexity index is 196. The Morgan fingerprint density at radius 1 is 1.57 bits per heavy atom. The first-order valence-electron chi connectivity index (χ1n) is 5.28. The first-order chi connectivity index (χ1) is 6.69. The molecule has 82 valence electrons. The van der Waals surface area contributed by atoms with Crippen LogP contribution >= 0.6 is 0 Å².